The largest absolute Gasteiger partial charge is 0.322 e. The maximum Gasteiger partial charge on any atom is 0.269 e. The number of rotatable bonds is 3. The van der Waals surface area contributed by atoms with Gasteiger partial charge in [0, 0.05) is 12.1 Å². The molecule has 1 aromatic heterocycles. The second-order valence-electron chi connectivity index (χ2n) is 4.82. The number of nitrogens with two attached hydrogens (primary N) is 1. The predicted octanol–water partition coefficient (Wildman–Crippen LogP) is 2.24. The number of hydrogen-bond donors (Lipinski definition) is 1. The molecule has 1 atom stereocenters. The summed E-state index contributed by atoms with van der Waals surface area (Å²) < 4.78 is 15.3. The summed E-state index contributed by atoms with van der Waals surface area (Å²) in [6.07, 6.45) is 1.26. The number of hydrogen-bond acceptors (Lipinski definition) is 3. The molecule has 0 saturated heterocycles. The van der Waals surface area contributed by atoms with Gasteiger partial charge in [-0.2, -0.15) is 0 Å². The van der Waals surface area contributed by atoms with E-state index in [9.17, 15) is 9.18 Å². The minimum Gasteiger partial charge on any atom is -0.322 e. The molecule has 21 heavy (non-hydrogen) atoms. The van der Waals surface area contributed by atoms with Crippen LogP contribution < -0.4 is 11.3 Å². The summed E-state index contributed by atoms with van der Waals surface area (Å²) in [5, 5.41) is 0. The van der Waals surface area contributed by atoms with Gasteiger partial charge in [-0.3, -0.25) is 4.79 Å². The second-order valence-corrected chi connectivity index (χ2v) is 4.82. The van der Waals surface area contributed by atoms with Crippen LogP contribution in [-0.2, 0) is 6.54 Å². The fourth-order valence-electron chi connectivity index (χ4n) is 2.37. The van der Waals surface area contributed by atoms with Crippen LogP contribution in [0.15, 0.2) is 59.5 Å². The third kappa shape index (κ3) is 2.55. The van der Waals surface area contributed by atoms with Crippen molar-refractivity contribution in [2.24, 2.45) is 5.73 Å². The van der Waals surface area contributed by atoms with Gasteiger partial charge in [-0.25, -0.2) is 9.37 Å². The predicted molar refractivity (Wildman–Crippen MR) is 79.3 cm³/mol. The van der Waals surface area contributed by atoms with E-state index in [4.69, 9.17) is 5.73 Å². The Morgan fingerprint density at radius 3 is 2.67 bits per heavy atom. The Morgan fingerprint density at radius 2 is 1.86 bits per heavy atom. The first-order valence-electron chi connectivity index (χ1n) is 6.61. The van der Waals surface area contributed by atoms with Gasteiger partial charge in [-0.1, -0.05) is 30.3 Å². The number of halogens is 1. The lowest BCUT2D eigenvalue weighted by molar-refractivity contribution is 0.531. The Hall–Kier alpha value is -2.53. The number of benzene rings is 2. The third-order valence-corrected chi connectivity index (χ3v) is 3.44. The van der Waals surface area contributed by atoms with E-state index in [0.29, 0.717) is 16.6 Å². The van der Waals surface area contributed by atoms with Gasteiger partial charge in [0.25, 0.3) is 5.56 Å². The van der Waals surface area contributed by atoms with Gasteiger partial charge in [-0.05, 0) is 18.2 Å². The summed E-state index contributed by atoms with van der Waals surface area (Å²) in [7, 11) is 0. The Labute approximate surface area is 120 Å². The third-order valence-electron chi connectivity index (χ3n) is 3.44. The number of nitrogens with zero attached hydrogens (tertiary/aromatic N) is 2. The molecule has 4 nitrogen and oxygen atoms in total. The molecule has 0 radical (unpaired) electrons. The Morgan fingerprint density at radius 1 is 1.14 bits per heavy atom. The molecule has 0 fully saturated rings. The molecule has 0 amide bonds. The molecule has 3 aromatic rings. The molecular formula is C16H14FN3O. The van der Waals surface area contributed by atoms with E-state index in [1.165, 1.54) is 16.8 Å². The molecule has 1 heterocycles. The van der Waals surface area contributed by atoms with Gasteiger partial charge in [0.1, 0.15) is 5.82 Å². The van der Waals surface area contributed by atoms with E-state index in [2.05, 4.69) is 4.98 Å². The van der Waals surface area contributed by atoms with Crippen LogP contribution in [0.5, 0.6) is 0 Å². The van der Waals surface area contributed by atoms with E-state index in [1.54, 1.807) is 24.3 Å². The molecule has 2 N–H and O–H groups in total. The van der Waals surface area contributed by atoms with Crippen molar-refractivity contribution < 1.29 is 4.39 Å². The first kappa shape index (κ1) is 13.5. The fraction of sp³-hybridized carbons (Fsp3) is 0.125. The smallest absolute Gasteiger partial charge is 0.269 e. The molecule has 1 unspecified atom stereocenters. The maximum absolute atomic E-state index is 13.8. The van der Waals surface area contributed by atoms with Gasteiger partial charge in [0.2, 0.25) is 0 Å². The molecule has 0 aliphatic rings. The molecule has 106 valence electrons. The first-order chi connectivity index (χ1) is 10.2. The van der Waals surface area contributed by atoms with Crippen LogP contribution >= 0.6 is 0 Å². The number of fused-ring (bicyclic) bond motifs is 1. The van der Waals surface area contributed by atoms with E-state index in [1.807, 2.05) is 18.2 Å². The SMILES string of the molecule is NC(Cn1c(=O)cnc2ccccc21)c1ccccc1F. The molecule has 0 aliphatic carbocycles. The molecule has 5 heteroatoms. The average molecular weight is 283 g/mol. The van der Waals surface area contributed by atoms with E-state index in [0.717, 1.165) is 0 Å². The fourth-order valence-corrected chi connectivity index (χ4v) is 2.37. The Balaban J connectivity index is 2.04. The highest BCUT2D eigenvalue weighted by molar-refractivity contribution is 5.74. The standard InChI is InChI=1S/C16H14FN3O/c17-12-6-2-1-5-11(12)13(18)10-20-15-8-4-3-7-14(15)19-9-16(20)21/h1-9,13H,10,18H2. The van der Waals surface area contributed by atoms with Gasteiger partial charge in [0.15, 0.2) is 0 Å². The monoisotopic (exact) mass is 283 g/mol. The van der Waals surface area contributed by atoms with Crippen molar-refractivity contribution in [2.75, 3.05) is 0 Å². The molecule has 0 saturated carbocycles. The zero-order valence-corrected chi connectivity index (χ0v) is 11.2. The van der Waals surface area contributed by atoms with Crippen LogP contribution in [0.25, 0.3) is 11.0 Å². The molecule has 0 spiro atoms. The van der Waals surface area contributed by atoms with Crippen LogP contribution in [0.1, 0.15) is 11.6 Å². The maximum atomic E-state index is 13.8. The van der Waals surface area contributed by atoms with Crippen LogP contribution in [0.3, 0.4) is 0 Å². The van der Waals surface area contributed by atoms with Crippen molar-refractivity contribution in [1.82, 2.24) is 9.55 Å². The summed E-state index contributed by atoms with van der Waals surface area (Å²) >= 11 is 0. The van der Waals surface area contributed by atoms with Crippen LogP contribution in [0.2, 0.25) is 0 Å². The summed E-state index contributed by atoms with van der Waals surface area (Å²) in [5.41, 5.74) is 7.61. The van der Waals surface area contributed by atoms with Crippen molar-refractivity contribution >= 4 is 11.0 Å². The van der Waals surface area contributed by atoms with Gasteiger partial charge < -0.3 is 10.3 Å². The number of aromatic nitrogens is 2. The van der Waals surface area contributed by atoms with E-state index in [-0.39, 0.29) is 17.9 Å². The average Bonchev–Trinajstić information content (AvgIpc) is 2.50. The second kappa shape index (κ2) is 5.46. The van der Waals surface area contributed by atoms with Crippen molar-refractivity contribution in [2.45, 2.75) is 12.6 Å². The molecule has 0 aliphatic heterocycles. The lowest BCUT2D eigenvalue weighted by atomic mass is 10.1. The highest BCUT2D eigenvalue weighted by Gasteiger charge is 2.13. The number of para-hydroxylation sites is 2. The summed E-state index contributed by atoms with van der Waals surface area (Å²) in [6, 6.07) is 13.0. The van der Waals surface area contributed by atoms with Crippen molar-refractivity contribution in [1.29, 1.82) is 0 Å². The quantitative estimate of drug-likeness (QED) is 0.802. The summed E-state index contributed by atoms with van der Waals surface area (Å²) in [5.74, 6) is -0.364. The first-order valence-corrected chi connectivity index (χ1v) is 6.61. The lowest BCUT2D eigenvalue weighted by Crippen LogP contribution is -2.27. The van der Waals surface area contributed by atoms with Crippen LogP contribution in [0.4, 0.5) is 4.39 Å². The summed E-state index contributed by atoms with van der Waals surface area (Å²) in [4.78, 5) is 16.1. The highest BCUT2D eigenvalue weighted by atomic mass is 19.1. The summed E-state index contributed by atoms with van der Waals surface area (Å²) in [6.45, 7) is 0.197. The van der Waals surface area contributed by atoms with Gasteiger partial charge >= 0.3 is 0 Å². The Kier molecular flexibility index (Phi) is 3.50. The molecule has 2 aromatic carbocycles. The minimum atomic E-state index is -0.602. The highest BCUT2D eigenvalue weighted by Crippen LogP contribution is 2.17. The van der Waals surface area contributed by atoms with Crippen molar-refractivity contribution in [3.63, 3.8) is 0 Å². The van der Waals surface area contributed by atoms with Gasteiger partial charge in [-0.15, -0.1) is 0 Å². The zero-order chi connectivity index (χ0) is 14.8. The van der Waals surface area contributed by atoms with Gasteiger partial charge in [0.05, 0.1) is 23.3 Å². The van der Waals surface area contributed by atoms with Crippen molar-refractivity contribution in [3.05, 3.63) is 76.5 Å². The molecule has 0 bridgehead atoms. The topological polar surface area (TPSA) is 60.9 Å². The van der Waals surface area contributed by atoms with Crippen molar-refractivity contribution in [3.8, 4) is 0 Å². The normalized spacial score (nSPS) is 12.5. The molecule has 3 rings (SSSR count). The van der Waals surface area contributed by atoms with Crippen LogP contribution in [-0.4, -0.2) is 9.55 Å². The zero-order valence-electron chi connectivity index (χ0n) is 11.2. The molecular weight excluding hydrogens is 269 g/mol. The van der Waals surface area contributed by atoms with E-state index < -0.39 is 6.04 Å². The lowest BCUT2D eigenvalue weighted by Gasteiger charge is -2.16. The van der Waals surface area contributed by atoms with Crippen LogP contribution in [0, 0.1) is 5.82 Å². The van der Waals surface area contributed by atoms with E-state index >= 15 is 0 Å². The Bertz CT molecular complexity index is 844. The minimum absolute atomic E-state index is 0.197.